The summed E-state index contributed by atoms with van der Waals surface area (Å²) in [7, 11) is 1.55. The lowest BCUT2D eigenvalue weighted by atomic mass is 10.1. The van der Waals surface area contributed by atoms with Crippen LogP contribution in [0.4, 0.5) is 5.69 Å². The predicted octanol–water partition coefficient (Wildman–Crippen LogP) is 4.35. The number of nitriles is 1. The maximum absolute atomic E-state index is 13.3. The van der Waals surface area contributed by atoms with Gasteiger partial charge >= 0.3 is 0 Å². The van der Waals surface area contributed by atoms with Crippen molar-refractivity contribution in [2.45, 2.75) is 6.92 Å². The molecule has 0 spiro atoms. The summed E-state index contributed by atoms with van der Waals surface area (Å²) in [5.41, 5.74) is 0.982. The third kappa shape index (κ3) is 4.64. The zero-order chi connectivity index (χ0) is 24.1. The van der Waals surface area contributed by atoms with Crippen LogP contribution in [0.25, 0.3) is 11.7 Å². The van der Waals surface area contributed by atoms with E-state index in [2.05, 4.69) is 10.3 Å². The first-order chi connectivity index (χ1) is 16.5. The van der Waals surface area contributed by atoms with Gasteiger partial charge in [-0.25, -0.2) is 0 Å². The first-order valence-corrected chi connectivity index (χ1v) is 10.3. The number of para-hydroxylation sites is 1. The van der Waals surface area contributed by atoms with Crippen molar-refractivity contribution in [3.05, 3.63) is 100.0 Å². The van der Waals surface area contributed by atoms with Gasteiger partial charge in [-0.3, -0.25) is 14.0 Å². The molecule has 2 aromatic carbocycles. The van der Waals surface area contributed by atoms with Crippen LogP contribution in [0.15, 0.2) is 83.3 Å². The van der Waals surface area contributed by atoms with Crippen molar-refractivity contribution in [3.63, 3.8) is 0 Å². The molecule has 0 bridgehead atoms. The maximum Gasteiger partial charge on any atom is 0.269 e. The number of nitrogens with one attached hydrogen (secondary N) is 1. The van der Waals surface area contributed by atoms with Crippen LogP contribution in [0.5, 0.6) is 17.4 Å². The van der Waals surface area contributed by atoms with Gasteiger partial charge in [0.05, 0.1) is 7.11 Å². The summed E-state index contributed by atoms with van der Waals surface area (Å²) in [6, 6.07) is 20.9. The van der Waals surface area contributed by atoms with Crippen molar-refractivity contribution in [3.8, 4) is 23.4 Å². The lowest BCUT2D eigenvalue weighted by Gasteiger charge is -2.11. The highest BCUT2D eigenvalue weighted by Gasteiger charge is 2.18. The Labute approximate surface area is 195 Å². The minimum atomic E-state index is -0.648. The Morgan fingerprint density at radius 3 is 2.47 bits per heavy atom. The van der Waals surface area contributed by atoms with E-state index < -0.39 is 11.5 Å². The number of carbonyl (C=O) groups is 1. The second kappa shape index (κ2) is 9.71. The minimum absolute atomic E-state index is 0.0298. The number of hydrogen-bond donors (Lipinski definition) is 1. The molecular formula is C26H20N4O4. The number of aryl methyl sites for hydroxylation is 1. The largest absolute Gasteiger partial charge is 0.497 e. The number of fused-ring (bicyclic) bond motifs is 1. The molecule has 4 rings (SSSR count). The van der Waals surface area contributed by atoms with E-state index in [0.29, 0.717) is 22.8 Å². The summed E-state index contributed by atoms with van der Waals surface area (Å²) in [5.74, 6) is 0.367. The number of nitrogens with zero attached hydrogens (tertiary/aromatic N) is 3. The van der Waals surface area contributed by atoms with E-state index in [1.54, 1.807) is 67.9 Å². The number of hydrogen-bond acceptors (Lipinski definition) is 6. The number of methoxy groups -OCH3 is 1. The van der Waals surface area contributed by atoms with Crippen LogP contribution in [0.1, 0.15) is 11.1 Å². The number of benzene rings is 2. The Balaban J connectivity index is 1.79. The smallest absolute Gasteiger partial charge is 0.269 e. The molecule has 0 atom stereocenters. The normalized spacial score (nSPS) is 11.0. The van der Waals surface area contributed by atoms with Gasteiger partial charge in [0.15, 0.2) is 0 Å². The maximum atomic E-state index is 13.3. The van der Waals surface area contributed by atoms with E-state index in [1.165, 1.54) is 10.5 Å². The van der Waals surface area contributed by atoms with E-state index in [0.717, 1.165) is 5.56 Å². The molecule has 0 unspecified atom stereocenters. The number of ether oxygens (including phenoxy) is 2. The second-order valence-electron chi connectivity index (χ2n) is 7.28. The monoisotopic (exact) mass is 452 g/mol. The molecule has 2 heterocycles. The van der Waals surface area contributed by atoms with E-state index in [-0.39, 0.29) is 17.0 Å². The number of rotatable bonds is 6. The van der Waals surface area contributed by atoms with Gasteiger partial charge < -0.3 is 14.8 Å². The Morgan fingerprint density at radius 2 is 1.76 bits per heavy atom. The highest BCUT2D eigenvalue weighted by Crippen LogP contribution is 2.26. The second-order valence-corrected chi connectivity index (χ2v) is 7.28. The third-order valence-corrected chi connectivity index (χ3v) is 5.06. The molecule has 168 valence electrons. The molecule has 2 aromatic heterocycles. The average molecular weight is 452 g/mol. The van der Waals surface area contributed by atoms with E-state index >= 15 is 0 Å². The highest BCUT2D eigenvalue weighted by molar-refractivity contribution is 6.10. The summed E-state index contributed by atoms with van der Waals surface area (Å²) < 4.78 is 12.4. The van der Waals surface area contributed by atoms with Gasteiger partial charge in [0.2, 0.25) is 5.88 Å². The highest BCUT2D eigenvalue weighted by atomic mass is 16.5. The molecule has 1 N–H and O–H groups in total. The van der Waals surface area contributed by atoms with E-state index in [1.807, 2.05) is 25.1 Å². The molecular weight excluding hydrogens is 432 g/mol. The van der Waals surface area contributed by atoms with Gasteiger partial charge in [-0.15, -0.1) is 0 Å². The number of aromatic nitrogens is 2. The minimum Gasteiger partial charge on any atom is -0.497 e. The van der Waals surface area contributed by atoms with Crippen molar-refractivity contribution < 1.29 is 14.3 Å². The van der Waals surface area contributed by atoms with E-state index in [9.17, 15) is 14.9 Å². The average Bonchev–Trinajstić information content (AvgIpc) is 2.86. The van der Waals surface area contributed by atoms with Gasteiger partial charge in [0.1, 0.15) is 34.4 Å². The Hall–Kier alpha value is -4.90. The molecule has 4 aromatic rings. The van der Waals surface area contributed by atoms with Crippen LogP contribution in [0.3, 0.4) is 0 Å². The van der Waals surface area contributed by atoms with E-state index in [4.69, 9.17) is 9.47 Å². The Morgan fingerprint density at radius 1 is 1.06 bits per heavy atom. The third-order valence-electron chi connectivity index (χ3n) is 5.06. The fourth-order valence-electron chi connectivity index (χ4n) is 3.23. The topological polar surface area (TPSA) is 106 Å². The molecule has 0 saturated carbocycles. The summed E-state index contributed by atoms with van der Waals surface area (Å²) in [6.45, 7) is 1.84. The zero-order valence-electron chi connectivity index (χ0n) is 18.5. The van der Waals surface area contributed by atoms with Crippen molar-refractivity contribution in [2.24, 2.45) is 0 Å². The van der Waals surface area contributed by atoms with Crippen LogP contribution in [0.2, 0.25) is 0 Å². The molecule has 0 aliphatic carbocycles. The quantitative estimate of drug-likeness (QED) is 0.344. The van der Waals surface area contributed by atoms with Crippen molar-refractivity contribution in [2.75, 3.05) is 12.4 Å². The van der Waals surface area contributed by atoms with Gasteiger partial charge in [0, 0.05) is 11.9 Å². The zero-order valence-corrected chi connectivity index (χ0v) is 18.5. The molecule has 0 radical (unpaired) electrons. The molecule has 0 fully saturated rings. The summed E-state index contributed by atoms with van der Waals surface area (Å²) in [5, 5.41) is 12.4. The fraction of sp³-hybridized carbons (Fsp3) is 0.0769. The van der Waals surface area contributed by atoms with Crippen LogP contribution in [-0.2, 0) is 4.79 Å². The van der Waals surface area contributed by atoms with Crippen molar-refractivity contribution in [1.29, 1.82) is 5.26 Å². The standard InChI is InChI=1S/C26H20N4O4/c1-17-7-3-4-8-22(17)28-24(31)18(16-27)15-21-25(34-20-12-10-19(33-2)11-13-20)29-23-9-5-6-14-30(23)26(21)32/h3-15H,1-2H3,(H,28,31). The van der Waals surface area contributed by atoms with Crippen LogP contribution >= 0.6 is 0 Å². The Bertz CT molecular complexity index is 1500. The summed E-state index contributed by atoms with van der Waals surface area (Å²) in [6.07, 6.45) is 2.75. The Kier molecular flexibility index (Phi) is 6.37. The van der Waals surface area contributed by atoms with Gasteiger partial charge in [0.25, 0.3) is 11.5 Å². The first-order valence-electron chi connectivity index (χ1n) is 10.3. The number of amides is 1. The molecule has 8 heteroatoms. The first kappa shape index (κ1) is 22.3. The molecule has 0 aliphatic rings. The molecule has 0 saturated heterocycles. The molecule has 34 heavy (non-hydrogen) atoms. The van der Waals surface area contributed by atoms with Crippen LogP contribution in [-0.4, -0.2) is 22.4 Å². The predicted molar refractivity (Wildman–Crippen MR) is 128 cm³/mol. The van der Waals surface area contributed by atoms with Gasteiger partial charge in [-0.05, 0) is 61.0 Å². The SMILES string of the molecule is COc1ccc(Oc2nc3ccccn3c(=O)c2C=C(C#N)C(=O)Nc2ccccc2C)cc1. The van der Waals surface area contributed by atoms with Crippen LogP contribution in [0, 0.1) is 18.3 Å². The number of anilines is 1. The lowest BCUT2D eigenvalue weighted by molar-refractivity contribution is -0.112. The van der Waals surface area contributed by atoms with Gasteiger partial charge in [-0.1, -0.05) is 24.3 Å². The van der Waals surface area contributed by atoms with Gasteiger partial charge in [-0.2, -0.15) is 10.2 Å². The molecule has 1 amide bonds. The summed E-state index contributed by atoms with van der Waals surface area (Å²) in [4.78, 5) is 30.5. The number of pyridine rings is 1. The summed E-state index contributed by atoms with van der Waals surface area (Å²) >= 11 is 0. The molecule has 0 aliphatic heterocycles. The van der Waals surface area contributed by atoms with Crippen LogP contribution < -0.4 is 20.3 Å². The van der Waals surface area contributed by atoms with Crippen molar-refractivity contribution in [1.82, 2.24) is 9.38 Å². The van der Waals surface area contributed by atoms with Crippen molar-refractivity contribution >= 4 is 23.3 Å². The fourth-order valence-corrected chi connectivity index (χ4v) is 3.23. The number of carbonyl (C=O) groups excluding carboxylic acids is 1. The lowest BCUT2D eigenvalue weighted by Crippen LogP contribution is -2.20. The molecule has 8 nitrogen and oxygen atoms in total.